The molecule has 0 radical (unpaired) electrons. The summed E-state index contributed by atoms with van der Waals surface area (Å²) in [5, 5.41) is 2.94. The van der Waals surface area contributed by atoms with Crippen LogP contribution in [0.25, 0.3) is 0 Å². The molecule has 0 unspecified atom stereocenters. The zero-order chi connectivity index (χ0) is 13.9. The molecule has 3 nitrogen and oxygen atoms in total. The lowest BCUT2D eigenvalue weighted by Crippen LogP contribution is -2.43. The van der Waals surface area contributed by atoms with Gasteiger partial charge in [-0.25, -0.2) is 0 Å². The summed E-state index contributed by atoms with van der Waals surface area (Å²) >= 11 is 6.79. The Morgan fingerprint density at radius 1 is 1.32 bits per heavy atom. The summed E-state index contributed by atoms with van der Waals surface area (Å²) in [6, 6.07) is 7.79. The van der Waals surface area contributed by atoms with E-state index in [-0.39, 0.29) is 5.91 Å². The van der Waals surface area contributed by atoms with Gasteiger partial charge in [-0.2, -0.15) is 0 Å². The maximum absolute atomic E-state index is 12.4. The molecule has 1 amide bonds. The Kier molecular flexibility index (Phi) is 4.47. The lowest BCUT2D eigenvalue weighted by Gasteiger charge is -2.26. The number of nitrogens with one attached hydrogen (secondary N) is 1. The number of thioether (sulfide) groups is 1. The van der Waals surface area contributed by atoms with Gasteiger partial charge in [0.1, 0.15) is 0 Å². The van der Waals surface area contributed by atoms with Crippen LogP contribution in [-0.2, 0) is 4.79 Å². The van der Waals surface area contributed by atoms with Crippen molar-refractivity contribution in [3.05, 3.63) is 24.3 Å². The van der Waals surface area contributed by atoms with Crippen LogP contribution in [0.4, 0.5) is 5.69 Å². The third-order valence-corrected chi connectivity index (χ3v) is 4.85. The normalized spacial score (nSPS) is 17.1. The monoisotopic (exact) mass is 294 g/mol. The first-order valence-electron chi connectivity index (χ1n) is 6.34. The van der Waals surface area contributed by atoms with Crippen LogP contribution in [0.3, 0.4) is 0 Å². The Morgan fingerprint density at radius 2 is 1.89 bits per heavy atom. The minimum Gasteiger partial charge on any atom is -0.392 e. The molecule has 3 N–H and O–H groups in total. The molecule has 0 spiro atoms. The fourth-order valence-electron chi connectivity index (χ4n) is 2.49. The number of nitrogens with two attached hydrogens (primary N) is 1. The molecular weight excluding hydrogens is 276 g/mol. The number of benzene rings is 1. The predicted octanol–water partition coefficient (Wildman–Crippen LogP) is 3.19. The first-order chi connectivity index (χ1) is 9.08. The van der Waals surface area contributed by atoms with Crippen LogP contribution in [0.1, 0.15) is 25.7 Å². The van der Waals surface area contributed by atoms with E-state index in [2.05, 4.69) is 5.32 Å². The van der Waals surface area contributed by atoms with Crippen molar-refractivity contribution in [1.29, 1.82) is 0 Å². The van der Waals surface area contributed by atoms with E-state index in [0.717, 1.165) is 31.4 Å². The molecule has 0 aromatic heterocycles. The van der Waals surface area contributed by atoms with E-state index >= 15 is 0 Å². The van der Waals surface area contributed by atoms with Crippen LogP contribution in [0.5, 0.6) is 0 Å². The molecule has 1 aliphatic rings. The van der Waals surface area contributed by atoms with E-state index in [1.165, 1.54) is 4.90 Å². The average molecular weight is 294 g/mol. The quantitative estimate of drug-likeness (QED) is 0.661. The third-order valence-electron chi connectivity index (χ3n) is 3.71. The van der Waals surface area contributed by atoms with Crippen molar-refractivity contribution in [3.63, 3.8) is 0 Å². The van der Waals surface area contributed by atoms with Crippen LogP contribution in [0.15, 0.2) is 29.2 Å². The smallest absolute Gasteiger partial charge is 0.237 e. The van der Waals surface area contributed by atoms with Crippen molar-refractivity contribution in [2.45, 2.75) is 30.6 Å². The van der Waals surface area contributed by atoms with Crippen LogP contribution < -0.4 is 11.1 Å². The van der Waals surface area contributed by atoms with Crippen molar-refractivity contribution in [2.75, 3.05) is 11.6 Å². The number of hydrogen-bond acceptors (Lipinski definition) is 3. The van der Waals surface area contributed by atoms with Gasteiger partial charge in [0.25, 0.3) is 0 Å². The summed E-state index contributed by atoms with van der Waals surface area (Å²) in [5.74, 6) is -0.0607. The van der Waals surface area contributed by atoms with Crippen molar-refractivity contribution in [3.8, 4) is 0 Å². The summed E-state index contributed by atoms with van der Waals surface area (Å²) in [4.78, 5) is 13.9. The standard InChI is InChI=1S/C14H18N2OS2/c1-19-11-6-4-10(5-7-11)16-13(17)14(12(15)18)8-2-3-9-14/h4-7H,2-3,8-9H2,1H3,(H2,15,18)(H,16,17). The second kappa shape index (κ2) is 5.92. The van der Waals surface area contributed by atoms with Gasteiger partial charge in [0.15, 0.2) is 0 Å². The van der Waals surface area contributed by atoms with E-state index in [4.69, 9.17) is 18.0 Å². The van der Waals surface area contributed by atoms with E-state index in [1.54, 1.807) is 11.8 Å². The number of rotatable bonds is 4. The molecule has 0 atom stereocenters. The van der Waals surface area contributed by atoms with Crippen molar-refractivity contribution >= 4 is 40.6 Å². The van der Waals surface area contributed by atoms with Crippen LogP contribution in [0.2, 0.25) is 0 Å². The van der Waals surface area contributed by atoms with Gasteiger partial charge in [0, 0.05) is 10.6 Å². The van der Waals surface area contributed by atoms with Gasteiger partial charge >= 0.3 is 0 Å². The zero-order valence-electron chi connectivity index (χ0n) is 10.9. The van der Waals surface area contributed by atoms with Gasteiger partial charge in [-0.3, -0.25) is 4.79 Å². The number of hydrogen-bond donors (Lipinski definition) is 2. The second-order valence-corrected chi connectivity index (χ2v) is 6.16. The molecule has 0 saturated heterocycles. The number of amides is 1. The summed E-state index contributed by atoms with van der Waals surface area (Å²) in [7, 11) is 0. The third kappa shape index (κ3) is 2.92. The number of carbonyl (C=O) groups is 1. The Bertz CT molecular complexity index is 479. The summed E-state index contributed by atoms with van der Waals surface area (Å²) < 4.78 is 0. The molecule has 0 heterocycles. The average Bonchev–Trinajstić information content (AvgIpc) is 2.90. The summed E-state index contributed by atoms with van der Waals surface area (Å²) in [6.07, 6.45) is 5.56. The SMILES string of the molecule is CSc1ccc(NC(=O)C2(C(N)=S)CCCC2)cc1. The minimum absolute atomic E-state index is 0.0607. The molecule has 1 aliphatic carbocycles. The number of carbonyl (C=O) groups excluding carboxylic acids is 1. The topological polar surface area (TPSA) is 55.1 Å². The highest BCUT2D eigenvalue weighted by Crippen LogP contribution is 2.39. The number of anilines is 1. The minimum atomic E-state index is -0.645. The second-order valence-electron chi connectivity index (χ2n) is 4.84. The Balaban J connectivity index is 2.12. The highest BCUT2D eigenvalue weighted by atomic mass is 32.2. The van der Waals surface area contributed by atoms with Gasteiger partial charge in [0.2, 0.25) is 5.91 Å². The van der Waals surface area contributed by atoms with Crippen molar-refractivity contribution < 1.29 is 4.79 Å². The fourth-order valence-corrected chi connectivity index (χ4v) is 3.19. The van der Waals surface area contributed by atoms with Crippen LogP contribution in [0, 0.1) is 5.41 Å². The van der Waals surface area contributed by atoms with Gasteiger partial charge in [-0.15, -0.1) is 11.8 Å². The first-order valence-corrected chi connectivity index (χ1v) is 7.97. The van der Waals surface area contributed by atoms with Gasteiger partial charge in [-0.1, -0.05) is 25.1 Å². The van der Waals surface area contributed by atoms with Gasteiger partial charge in [-0.05, 0) is 43.4 Å². The predicted molar refractivity (Wildman–Crippen MR) is 84.5 cm³/mol. The Labute approximate surface area is 123 Å². The Hall–Kier alpha value is -1.07. The fraction of sp³-hybridized carbons (Fsp3) is 0.429. The van der Waals surface area contributed by atoms with Crippen molar-refractivity contribution in [2.24, 2.45) is 11.1 Å². The molecule has 1 fully saturated rings. The summed E-state index contributed by atoms with van der Waals surface area (Å²) in [6.45, 7) is 0. The molecule has 1 aromatic carbocycles. The molecular formula is C14H18N2OS2. The van der Waals surface area contributed by atoms with Crippen molar-refractivity contribution in [1.82, 2.24) is 0 Å². The van der Waals surface area contributed by atoms with Crippen LogP contribution in [-0.4, -0.2) is 17.2 Å². The lowest BCUT2D eigenvalue weighted by molar-refractivity contribution is -0.122. The summed E-state index contributed by atoms with van der Waals surface area (Å²) in [5.41, 5.74) is 5.95. The largest absolute Gasteiger partial charge is 0.392 e. The van der Waals surface area contributed by atoms with Gasteiger partial charge < -0.3 is 11.1 Å². The molecule has 5 heteroatoms. The first kappa shape index (κ1) is 14.3. The number of thiocarbonyl (C=S) groups is 1. The molecule has 102 valence electrons. The lowest BCUT2D eigenvalue weighted by atomic mass is 9.85. The molecule has 0 bridgehead atoms. The molecule has 19 heavy (non-hydrogen) atoms. The van der Waals surface area contributed by atoms with E-state index < -0.39 is 5.41 Å². The molecule has 0 aliphatic heterocycles. The van der Waals surface area contributed by atoms with E-state index in [0.29, 0.717) is 4.99 Å². The molecule has 2 rings (SSSR count). The highest BCUT2D eigenvalue weighted by molar-refractivity contribution is 7.98. The van der Waals surface area contributed by atoms with Gasteiger partial charge in [0.05, 0.1) is 10.4 Å². The molecule has 1 aromatic rings. The molecule has 1 saturated carbocycles. The highest BCUT2D eigenvalue weighted by Gasteiger charge is 2.43. The Morgan fingerprint density at radius 3 is 2.37 bits per heavy atom. The van der Waals surface area contributed by atoms with E-state index in [9.17, 15) is 4.79 Å². The maximum atomic E-state index is 12.4. The van der Waals surface area contributed by atoms with E-state index in [1.807, 2.05) is 30.5 Å². The van der Waals surface area contributed by atoms with Crippen LogP contribution >= 0.6 is 24.0 Å². The maximum Gasteiger partial charge on any atom is 0.237 e. The zero-order valence-corrected chi connectivity index (χ0v) is 12.6.